The Morgan fingerprint density at radius 2 is 1.58 bits per heavy atom. The number of benzene rings is 2. The second-order valence-electron chi connectivity index (χ2n) is 5.52. The first-order valence-electron chi connectivity index (χ1n) is 7.95. The smallest absolute Gasteiger partial charge is 0.243 e. The van der Waals surface area contributed by atoms with Crippen molar-refractivity contribution in [3.8, 4) is 0 Å². The summed E-state index contributed by atoms with van der Waals surface area (Å²) < 4.78 is 0. The molecule has 0 spiro atoms. The molecule has 0 aliphatic rings. The van der Waals surface area contributed by atoms with Gasteiger partial charge in [0.25, 0.3) is 0 Å². The van der Waals surface area contributed by atoms with Crippen LogP contribution >= 0.6 is 0 Å². The number of carbonyl (C=O) groups excluding carboxylic acids is 2. The van der Waals surface area contributed by atoms with Gasteiger partial charge in [-0.25, -0.2) is 0 Å². The zero-order chi connectivity index (χ0) is 17.5. The molecule has 0 saturated heterocycles. The first-order valence-corrected chi connectivity index (χ1v) is 7.95. The van der Waals surface area contributed by atoms with Gasteiger partial charge in [0.1, 0.15) is 0 Å². The summed E-state index contributed by atoms with van der Waals surface area (Å²) in [6, 6.07) is 17.1. The van der Waals surface area contributed by atoms with Crippen LogP contribution in [0.4, 0.5) is 17.1 Å². The number of para-hydroxylation sites is 1. The zero-order valence-corrected chi connectivity index (χ0v) is 14.3. The first-order chi connectivity index (χ1) is 11.5. The first kappa shape index (κ1) is 17.5. The number of amides is 2. The zero-order valence-electron chi connectivity index (χ0n) is 14.3. The van der Waals surface area contributed by atoms with Crippen LogP contribution in [0.3, 0.4) is 0 Å². The minimum absolute atomic E-state index is 0.0340. The van der Waals surface area contributed by atoms with Gasteiger partial charge in [-0.1, -0.05) is 18.2 Å². The van der Waals surface area contributed by atoms with E-state index in [-0.39, 0.29) is 18.4 Å². The number of nitrogens with one attached hydrogen (secondary N) is 1. The molecule has 2 rings (SSSR count). The molecule has 1 N–H and O–H groups in total. The highest BCUT2D eigenvalue weighted by atomic mass is 16.2. The summed E-state index contributed by atoms with van der Waals surface area (Å²) in [6.07, 6.45) is 0. The van der Waals surface area contributed by atoms with Gasteiger partial charge in [0.15, 0.2) is 0 Å². The third-order valence-corrected chi connectivity index (χ3v) is 3.85. The Labute approximate surface area is 142 Å². The second-order valence-corrected chi connectivity index (χ2v) is 5.52. The van der Waals surface area contributed by atoms with Gasteiger partial charge in [-0.15, -0.1) is 0 Å². The fourth-order valence-corrected chi connectivity index (χ4v) is 2.35. The number of hydrogen-bond acceptors (Lipinski definition) is 3. The van der Waals surface area contributed by atoms with Crippen molar-refractivity contribution in [3.63, 3.8) is 0 Å². The van der Waals surface area contributed by atoms with Crippen molar-refractivity contribution in [2.24, 2.45) is 0 Å². The van der Waals surface area contributed by atoms with E-state index in [1.165, 1.54) is 6.92 Å². The lowest BCUT2D eigenvalue weighted by molar-refractivity contribution is -0.116. The Morgan fingerprint density at radius 1 is 0.958 bits per heavy atom. The van der Waals surface area contributed by atoms with Crippen LogP contribution in [-0.4, -0.2) is 32.0 Å². The van der Waals surface area contributed by atoms with Gasteiger partial charge in [-0.2, -0.15) is 0 Å². The summed E-state index contributed by atoms with van der Waals surface area (Å²) in [4.78, 5) is 27.2. The second kappa shape index (κ2) is 8.15. The van der Waals surface area contributed by atoms with E-state index in [0.717, 1.165) is 17.9 Å². The normalized spacial score (nSPS) is 10.1. The van der Waals surface area contributed by atoms with Crippen LogP contribution in [0.2, 0.25) is 0 Å². The molecule has 2 aromatic rings. The molecule has 0 aliphatic heterocycles. The largest absolute Gasteiger partial charge is 0.362 e. The van der Waals surface area contributed by atoms with Crippen molar-refractivity contribution in [3.05, 3.63) is 54.6 Å². The molecule has 0 aromatic heterocycles. The quantitative estimate of drug-likeness (QED) is 0.888. The minimum atomic E-state index is -0.0756. The third kappa shape index (κ3) is 4.59. The molecule has 5 nitrogen and oxygen atoms in total. The van der Waals surface area contributed by atoms with E-state index in [9.17, 15) is 9.59 Å². The van der Waals surface area contributed by atoms with Crippen molar-refractivity contribution >= 4 is 28.9 Å². The lowest BCUT2D eigenvalue weighted by atomic mass is 10.2. The molecule has 0 bridgehead atoms. The number of anilines is 3. The molecule has 2 amide bonds. The average Bonchev–Trinajstić information content (AvgIpc) is 2.60. The monoisotopic (exact) mass is 325 g/mol. The van der Waals surface area contributed by atoms with Gasteiger partial charge in [0.2, 0.25) is 11.8 Å². The highest BCUT2D eigenvalue weighted by Crippen LogP contribution is 2.17. The summed E-state index contributed by atoms with van der Waals surface area (Å²) in [5.74, 6) is -0.110. The molecule has 0 heterocycles. The topological polar surface area (TPSA) is 52.7 Å². The summed E-state index contributed by atoms with van der Waals surface area (Å²) in [7, 11) is 1.72. The molecule has 5 heteroatoms. The van der Waals surface area contributed by atoms with E-state index >= 15 is 0 Å². The van der Waals surface area contributed by atoms with Crippen molar-refractivity contribution in [2.45, 2.75) is 13.8 Å². The lowest BCUT2D eigenvalue weighted by Crippen LogP contribution is -2.33. The Balaban J connectivity index is 1.98. The minimum Gasteiger partial charge on any atom is -0.362 e. The van der Waals surface area contributed by atoms with Crippen molar-refractivity contribution in [1.29, 1.82) is 0 Å². The van der Waals surface area contributed by atoms with Crippen LogP contribution in [0.5, 0.6) is 0 Å². The van der Waals surface area contributed by atoms with E-state index in [1.54, 1.807) is 24.1 Å². The van der Waals surface area contributed by atoms with E-state index in [4.69, 9.17) is 0 Å². The number of rotatable bonds is 6. The van der Waals surface area contributed by atoms with Crippen LogP contribution < -0.4 is 15.1 Å². The highest BCUT2D eigenvalue weighted by Gasteiger charge is 2.10. The van der Waals surface area contributed by atoms with Crippen LogP contribution in [-0.2, 0) is 9.59 Å². The Kier molecular flexibility index (Phi) is 5.95. The van der Waals surface area contributed by atoms with E-state index in [0.29, 0.717) is 5.69 Å². The molecular formula is C19H23N3O2. The maximum absolute atomic E-state index is 12.3. The van der Waals surface area contributed by atoms with Crippen LogP contribution in [0.1, 0.15) is 13.8 Å². The summed E-state index contributed by atoms with van der Waals surface area (Å²) in [5, 5.41) is 2.89. The predicted molar refractivity (Wildman–Crippen MR) is 98.5 cm³/mol. The molecule has 0 fully saturated rings. The van der Waals surface area contributed by atoms with E-state index < -0.39 is 0 Å². The molecular weight excluding hydrogens is 302 g/mol. The van der Waals surface area contributed by atoms with Crippen LogP contribution in [0.25, 0.3) is 0 Å². The number of hydrogen-bond donors (Lipinski definition) is 1. The Bertz CT molecular complexity index is 684. The Morgan fingerprint density at radius 3 is 2.12 bits per heavy atom. The van der Waals surface area contributed by atoms with Gasteiger partial charge < -0.3 is 15.1 Å². The van der Waals surface area contributed by atoms with E-state index in [2.05, 4.69) is 5.32 Å². The molecule has 24 heavy (non-hydrogen) atoms. The van der Waals surface area contributed by atoms with Gasteiger partial charge in [0.05, 0.1) is 6.54 Å². The molecule has 0 aliphatic carbocycles. The van der Waals surface area contributed by atoms with Crippen molar-refractivity contribution < 1.29 is 9.59 Å². The number of carbonyl (C=O) groups is 2. The lowest BCUT2D eigenvalue weighted by Gasteiger charge is -2.22. The SMILES string of the molecule is CCN(CC(=O)Nc1ccc(N(C)C(C)=O)cc1)c1ccccc1. The van der Waals surface area contributed by atoms with E-state index in [1.807, 2.05) is 54.3 Å². The molecule has 0 radical (unpaired) electrons. The van der Waals surface area contributed by atoms with Crippen LogP contribution in [0.15, 0.2) is 54.6 Å². The maximum atomic E-state index is 12.3. The van der Waals surface area contributed by atoms with Crippen molar-refractivity contribution in [1.82, 2.24) is 0 Å². The fourth-order valence-electron chi connectivity index (χ4n) is 2.35. The highest BCUT2D eigenvalue weighted by molar-refractivity contribution is 5.95. The number of nitrogens with zero attached hydrogens (tertiary/aromatic N) is 2. The maximum Gasteiger partial charge on any atom is 0.243 e. The van der Waals surface area contributed by atoms with Crippen LogP contribution in [0, 0.1) is 0 Å². The van der Waals surface area contributed by atoms with Gasteiger partial charge in [0, 0.05) is 37.6 Å². The molecule has 0 atom stereocenters. The Hall–Kier alpha value is -2.82. The van der Waals surface area contributed by atoms with Crippen molar-refractivity contribution in [2.75, 3.05) is 35.3 Å². The third-order valence-electron chi connectivity index (χ3n) is 3.85. The van der Waals surface area contributed by atoms with Gasteiger partial charge >= 0.3 is 0 Å². The van der Waals surface area contributed by atoms with Gasteiger partial charge in [-0.05, 0) is 43.3 Å². The average molecular weight is 325 g/mol. The molecule has 0 saturated carbocycles. The summed E-state index contributed by atoms with van der Waals surface area (Å²) >= 11 is 0. The summed E-state index contributed by atoms with van der Waals surface area (Å²) in [5.41, 5.74) is 2.53. The standard InChI is InChI=1S/C19H23N3O2/c1-4-22(18-8-6-5-7-9-18)14-19(24)20-16-10-12-17(13-11-16)21(3)15(2)23/h5-13H,4,14H2,1-3H3,(H,20,24). The molecule has 2 aromatic carbocycles. The summed E-state index contributed by atoms with van der Waals surface area (Å²) in [6.45, 7) is 4.57. The fraction of sp³-hybridized carbons (Fsp3) is 0.263. The van der Waals surface area contributed by atoms with Gasteiger partial charge in [-0.3, -0.25) is 9.59 Å². The molecule has 126 valence electrons. The number of likely N-dealkylation sites (N-methyl/N-ethyl adjacent to an activating group) is 1. The molecule has 0 unspecified atom stereocenters. The predicted octanol–water partition coefficient (Wildman–Crippen LogP) is 3.13.